The Morgan fingerprint density at radius 1 is 1.00 bits per heavy atom. The van der Waals surface area contributed by atoms with Crippen molar-refractivity contribution in [1.82, 2.24) is 9.88 Å². The van der Waals surface area contributed by atoms with E-state index in [1.54, 1.807) is 0 Å². The first-order valence-electron chi connectivity index (χ1n) is 8.68. The lowest BCUT2D eigenvalue weighted by molar-refractivity contribution is 0.507. The number of nitrogens with zero attached hydrogens (tertiary/aromatic N) is 1. The molecule has 0 amide bonds. The van der Waals surface area contributed by atoms with E-state index in [2.05, 4.69) is 49.0 Å². The molecule has 0 spiro atoms. The van der Waals surface area contributed by atoms with Gasteiger partial charge >= 0.3 is 0 Å². The second-order valence-corrected chi connectivity index (χ2v) is 5.88. The first-order valence-corrected chi connectivity index (χ1v) is 8.68. The molecule has 0 fully saturated rings. The molecule has 1 atom stereocenters. The fourth-order valence-corrected chi connectivity index (χ4v) is 2.85. The molecule has 0 aliphatic rings. The monoisotopic (exact) mass is 278 g/mol. The quantitative estimate of drug-likeness (QED) is 0.513. The van der Waals surface area contributed by atoms with Gasteiger partial charge in [-0.15, -0.1) is 0 Å². The van der Waals surface area contributed by atoms with Crippen molar-refractivity contribution in [2.24, 2.45) is 0 Å². The van der Waals surface area contributed by atoms with E-state index in [0.29, 0.717) is 6.04 Å². The maximum absolute atomic E-state index is 3.50. The van der Waals surface area contributed by atoms with Crippen LogP contribution in [-0.4, -0.2) is 11.1 Å². The number of nitrogens with one attached hydrogen (secondary N) is 1. The van der Waals surface area contributed by atoms with Crippen LogP contribution >= 0.6 is 0 Å². The molecule has 1 aromatic heterocycles. The molecule has 0 aromatic carbocycles. The molecule has 0 aliphatic carbocycles. The van der Waals surface area contributed by atoms with Crippen LogP contribution in [0, 0.1) is 0 Å². The van der Waals surface area contributed by atoms with E-state index in [0.717, 1.165) is 6.54 Å². The van der Waals surface area contributed by atoms with Crippen molar-refractivity contribution in [1.29, 1.82) is 0 Å². The maximum Gasteiger partial charge on any atom is 0.0446 e. The summed E-state index contributed by atoms with van der Waals surface area (Å²) in [5.74, 6) is 0. The van der Waals surface area contributed by atoms with Crippen molar-refractivity contribution in [2.75, 3.05) is 6.54 Å². The van der Waals surface area contributed by atoms with Gasteiger partial charge in [0.15, 0.2) is 0 Å². The normalized spacial score (nSPS) is 12.8. The highest BCUT2D eigenvalue weighted by molar-refractivity contribution is 5.11. The van der Waals surface area contributed by atoms with Crippen LogP contribution in [0.25, 0.3) is 0 Å². The Kier molecular flexibility index (Phi) is 9.48. The van der Waals surface area contributed by atoms with Crippen LogP contribution in [0.2, 0.25) is 0 Å². The summed E-state index contributed by atoms with van der Waals surface area (Å²) >= 11 is 0. The third-order valence-corrected chi connectivity index (χ3v) is 4.07. The summed E-state index contributed by atoms with van der Waals surface area (Å²) < 4.78 is 2.42. The first kappa shape index (κ1) is 17.3. The van der Waals surface area contributed by atoms with E-state index in [9.17, 15) is 0 Å². The molecular formula is C18H34N2. The summed E-state index contributed by atoms with van der Waals surface area (Å²) in [5, 5.41) is 3.50. The highest BCUT2D eigenvalue weighted by Crippen LogP contribution is 2.15. The standard InChI is InChI=1S/C18H34N2/c1-4-6-7-8-9-10-11-12-15-20-16-13-14-18(20)17(3)19-5-2/h13-14,16-17,19H,4-12,15H2,1-3H3. The molecule has 0 radical (unpaired) electrons. The van der Waals surface area contributed by atoms with Gasteiger partial charge < -0.3 is 9.88 Å². The Morgan fingerprint density at radius 2 is 1.65 bits per heavy atom. The van der Waals surface area contributed by atoms with E-state index in [1.165, 1.54) is 63.6 Å². The van der Waals surface area contributed by atoms with E-state index >= 15 is 0 Å². The van der Waals surface area contributed by atoms with Crippen molar-refractivity contribution in [3.63, 3.8) is 0 Å². The van der Waals surface area contributed by atoms with Gasteiger partial charge in [0, 0.05) is 24.5 Å². The average molecular weight is 278 g/mol. The molecule has 0 saturated heterocycles. The average Bonchev–Trinajstić information content (AvgIpc) is 2.90. The van der Waals surface area contributed by atoms with Gasteiger partial charge in [0.05, 0.1) is 0 Å². The number of hydrogen-bond acceptors (Lipinski definition) is 1. The number of hydrogen-bond donors (Lipinski definition) is 1. The van der Waals surface area contributed by atoms with Gasteiger partial charge in [0.25, 0.3) is 0 Å². The lowest BCUT2D eigenvalue weighted by Crippen LogP contribution is -2.20. The first-order chi connectivity index (χ1) is 9.79. The maximum atomic E-state index is 3.50. The molecule has 1 unspecified atom stereocenters. The molecule has 0 saturated carbocycles. The van der Waals surface area contributed by atoms with E-state index in [1.807, 2.05) is 0 Å². The van der Waals surface area contributed by atoms with Crippen LogP contribution in [0.5, 0.6) is 0 Å². The van der Waals surface area contributed by atoms with Crippen molar-refractivity contribution in [2.45, 2.75) is 84.7 Å². The number of unbranched alkanes of at least 4 members (excludes halogenated alkanes) is 7. The van der Waals surface area contributed by atoms with E-state index < -0.39 is 0 Å². The topological polar surface area (TPSA) is 17.0 Å². The Bertz CT molecular complexity index is 330. The predicted octanol–water partition coefficient (Wildman–Crippen LogP) is 5.30. The van der Waals surface area contributed by atoms with Crippen LogP contribution in [-0.2, 0) is 6.54 Å². The predicted molar refractivity (Wildman–Crippen MR) is 89.1 cm³/mol. The summed E-state index contributed by atoms with van der Waals surface area (Å²) in [6, 6.07) is 4.88. The molecule has 1 N–H and O–H groups in total. The summed E-state index contributed by atoms with van der Waals surface area (Å²) in [7, 11) is 0. The van der Waals surface area contributed by atoms with Gasteiger partial charge in [-0.25, -0.2) is 0 Å². The molecule has 0 bridgehead atoms. The van der Waals surface area contributed by atoms with Crippen LogP contribution in [0.3, 0.4) is 0 Å². The number of rotatable bonds is 12. The Balaban J connectivity index is 2.14. The van der Waals surface area contributed by atoms with Gasteiger partial charge in [0.1, 0.15) is 0 Å². The SMILES string of the molecule is CCCCCCCCCCn1cccc1C(C)NCC. The zero-order valence-corrected chi connectivity index (χ0v) is 13.8. The Hall–Kier alpha value is -0.760. The Morgan fingerprint density at radius 3 is 2.30 bits per heavy atom. The third kappa shape index (κ3) is 6.60. The van der Waals surface area contributed by atoms with E-state index in [4.69, 9.17) is 0 Å². The minimum Gasteiger partial charge on any atom is -0.350 e. The molecule has 20 heavy (non-hydrogen) atoms. The van der Waals surface area contributed by atoms with Crippen LogP contribution in [0.1, 0.15) is 83.9 Å². The lowest BCUT2D eigenvalue weighted by atomic mass is 10.1. The molecule has 1 rings (SSSR count). The summed E-state index contributed by atoms with van der Waals surface area (Å²) in [5.41, 5.74) is 1.43. The molecule has 0 aliphatic heterocycles. The molecule has 2 heteroatoms. The van der Waals surface area contributed by atoms with Crippen molar-refractivity contribution < 1.29 is 0 Å². The van der Waals surface area contributed by atoms with Gasteiger partial charge in [-0.2, -0.15) is 0 Å². The smallest absolute Gasteiger partial charge is 0.0446 e. The zero-order chi connectivity index (χ0) is 14.6. The third-order valence-electron chi connectivity index (χ3n) is 4.07. The van der Waals surface area contributed by atoms with Crippen LogP contribution < -0.4 is 5.32 Å². The summed E-state index contributed by atoms with van der Waals surface area (Å²) in [4.78, 5) is 0. The molecule has 116 valence electrons. The molecule has 2 nitrogen and oxygen atoms in total. The second-order valence-electron chi connectivity index (χ2n) is 5.88. The second kappa shape index (κ2) is 11.0. The number of aryl methyl sites for hydroxylation is 1. The van der Waals surface area contributed by atoms with Crippen molar-refractivity contribution in [3.8, 4) is 0 Å². The largest absolute Gasteiger partial charge is 0.350 e. The minimum atomic E-state index is 0.462. The van der Waals surface area contributed by atoms with Gasteiger partial charge in [-0.3, -0.25) is 0 Å². The van der Waals surface area contributed by atoms with E-state index in [-0.39, 0.29) is 0 Å². The summed E-state index contributed by atoms with van der Waals surface area (Å²) in [6.45, 7) is 8.91. The van der Waals surface area contributed by atoms with Gasteiger partial charge in [-0.05, 0) is 32.0 Å². The Labute approximate surface area is 126 Å². The molecule has 1 heterocycles. The lowest BCUT2D eigenvalue weighted by Gasteiger charge is -2.16. The van der Waals surface area contributed by atoms with Crippen molar-refractivity contribution >= 4 is 0 Å². The van der Waals surface area contributed by atoms with Gasteiger partial charge in [-0.1, -0.05) is 58.8 Å². The fourth-order valence-electron chi connectivity index (χ4n) is 2.85. The van der Waals surface area contributed by atoms with Crippen molar-refractivity contribution in [3.05, 3.63) is 24.0 Å². The number of aromatic nitrogens is 1. The fraction of sp³-hybridized carbons (Fsp3) is 0.778. The summed E-state index contributed by atoms with van der Waals surface area (Å²) in [6.07, 6.45) is 13.4. The molecule has 1 aromatic rings. The van der Waals surface area contributed by atoms with Gasteiger partial charge in [0.2, 0.25) is 0 Å². The van der Waals surface area contributed by atoms with Crippen LogP contribution in [0.4, 0.5) is 0 Å². The minimum absolute atomic E-state index is 0.462. The highest BCUT2D eigenvalue weighted by atomic mass is 15.0. The van der Waals surface area contributed by atoms with Crippen LogP contribution in [0.15, 0.2) is 18.3 Å². The molecular weight excluding hydrogens is 244 g/mol. The zero-order valence-electron chi connectivity index (χ0n) is 13.8. The highest BCUT2D eigenvalue weighted by Gasteiger charge is 2.07.